The number of Topliss-reactive ketones (excluding diaryl/α,β-unsaturated/α-hetero) is 2. The molecule has 5 fully saturated rings. The Hall–Kier alpha value is -3.00. The van der Waals surface area contributed by atoms with Crippen LogP contribution in [0.4, 0.5) is 0 Å². The van der Waals surface area contributed by atoms with Crippen LogP contribution in [0, 0.1) is 45.3 Å². The van der Waals surface area contributed by atoms with E-state index in [1.807, 2.05) is 32.0 Å². The molecule has 13 atom stereocenters. The summed E-state index contributed by atoms with van der Waals surface area (Å²) in [6.07, 6.45) is 5.14. The van der Waals surface area contributed by atoms with Crippen LogP contribution in [-0.4, -0.2) is 55.9 Å². The first-order chi connectivity index (χ1) is 24.9. The van der Waals surface area contributed by atoms with Crippen molar-refractivity contribution >= 4 is 11.6 Å². The van der Waals surface area contributed by atoms with E-state index in [9.17, 15) is 30.0 Å². The zero-order valence-electron chi connectivity index (χ0n) is 32.7. The number of rotatable bonds is 7. The molecule has 2 aromatic carbocycles. The molecule has 4 saturated carbocycles. The quantitative estimate of drug-likeness (QED) is 0.211. The van der Waals surface area contributed by atoms with Crippen molar-refractivity contribution in [3.63, 3.8) is 0 Å². The van der Waals surface area contributed by atoms with Gasteiger partial charge < -0.3 is 25.2 Å². The van der Waals surface area contributed by atoms with Crippen molar-refractivity contribution in [1.29, 1.82) is 0 Å². The third-order valence-electron chi connectivity index (χ3n) is 16.6. The molecule has 8 rings (SSSR count). The number of hydrogen-bond donors (Lipinski definition) is 4. The Morgan fingerprint density at radius 2 is 1.55 bits per heavy atom. The van der Waals surface area contributed by atoms with E-state index in [0.29, 0.717) is 25.7 Å². The Kier molecular flexibility index (Phi) is 8.54. The maximum absolute atomic E-state index is 14.3. The number of epoxide rings is 1. The number of aliphatic hydroxyl groups is 2. The van der Waals surface area contributed by atoms with E-state index >= 15 is 0 Å². The lowest BCUT2D eigenvalue weighted by Gasteiger charge is -2.69. The summed E-state index contributed by atoms with van der Waals surface area (Å²) in [6.45, 7) is 15.1. The normalized spacial score (nSPS) is 42.8. The van der Waals surface area contributed by atoms with E-state index in [0.717, 1.165) is 48.8 Å². The Balaban J connectivity index is 1.05. The topological polar surface area (TPSA) is 128 Å². The first-order valence-corrected chi connectivity index (χ1v) is 20.3. The molecule has 0 radical (unpaired) electrons. The minimum atomic E-state index is -0.761. The number of allylic oxidation sites excluding steroid dienone is 2. The van der Waals surface area contributed by atoms with Crippen molar-refractivity contribution in [2.75, 3.05) is 0 Å². The van der Waals surface area contributed by atoms with Gasteiger partial charge >= 0.3 is 0 Å². The number of carbonyl (C=O) groups is 2. The SMILES string of the molecule is C[C@H](C[C@@H](O)[C@H]1O[C@]1(C)[C@@H]1CCC[C@H]1c1cccc(O)c1)C1=C2CC[C@@H]3[C@]4(C)C[C@@H](c5cccc(O)c5)C(=O)C(C)(C)[C@@H]4[C@@H](O)C[C@]3(C)[C@@]2(C)CC1=O. The maximum atomic E-state index is 14.3. The number of aromatic hydroxyl groups is 2. The highest BCUT2D eigenvalue weighted by Crippen LogP contribution is 2.75. The first-order valence-electron chi connectivity index (χ1n) is 20.3. The average molecular weight is 725 g/mol. The van der Waals surface area contributed by atoms with Crippen molar-refractivity contribution in [3.05, 3.63) is 70.8 Å². The summed E-state index contributed by atoms with van der Waals surface area (Å²) < 4.78 is 6.40. The van der Waals surface area contributed by atoms with Gasteiger partial charge in [-0.25, -0.2) is 0 Å². The van der Waals surface area contributed by atoms with Crippen LogP contribution in [0.2, 0.25) is 0 Å². The van der Waals surface area contributed by atoms with Gasteiger partial charge in [0.05, 0.1) is 17.8 Å². The van der Waals surface area contributed by atoms with Gasteiger partial charge in [-0.3, -0.25) is 9.59 Å². The van der Waals surface area contributed by atoms with Gasteiger partial charge in [0, 0.05) is 29.1 Å². The second-order valence-electron chi connectivity index (χ2n) is 19.7. The fraction of sp³-hybridized carbons (Fsp3) is 0.652. The molecule has 0 unspecified atom stereocenters. The van der Waals surface area contributed by atoms with Gasteiger partial charge in [-0.1, -0.05) is 77.8 Å². The number of benzene rings is 2. The molecule has 2 aromatic rings. The predicted octanol–water partition coefficient (Wildman–Crippen LogP) is 8.39. The van der Waals surface area contributed by atoms with Crippen molar-refractivity contribution in [2.24, 2.45) is 45.3 Å². The van der Waals surface area contributed by atoms with E-state index < -0.39 is 28.6 Å². The van der Waals surface area contributed by atoms with Crippen LogP contribution in [-0.2, 0) is 14.3 Å². The second-order valence-corrected chi connectivity index (χ2v) is 19.7. The Morgan fingerprint density at radius 1 is 0.887 bits per heavy atom. The summed E-state index contributed by atoms with van der Waals surface area (Å²) in [7, 11) is 0. The Bertz CT molecular complexity index is 1860. The molecule has 286 valence electrons. The summed E-state index contributed by atoms with van der Waals surface area (Å²) >= 11 is 0. The molecule has 0 amide bonds. The van der Waals surface area contributed by atoms with Crippen LogP contribution in [0.25, 0.3) is 0 Å². The molecule has 1 heterocycles. The number of fused-ring (bicyclic) bond motifs is 5. The smallest absolute Gasteiger partial charge is 0.159 e. The number of ketones is 2. The number of aliphatic hydroxyl groups excluding tert-OH is 2. The lowest BCUT2D eigenvalue weighted by atomic mass is 9.35. The van der Waals surface area contributed by atoms with Gasteiger partial charge in [0.1, 0.15) is 23.4 Å². The highest BCUT2D eigenvalue weighted by Gasteiger charge is 2.71. The van der Waals surface area contributed by atoms with Crippen LogP contribution in [0.5, 0.6) is 11.5 Å². The molecule has 5 aliphatic carbocycles. The third kappa shape index (κ3) is 5.29. The van der Waals surface area contributed by atoms with Gasteiger partial charge in [-0.15, -0.1) is 0 Å². The predicted molar refractivity (Wildman–Crippen MR) is 203 cm³/mol. The molecule has 53 heavy (non-hydrogen) atoms. The van der Waals surface area contributed by atoms with E-state index in [1.54, 1.807) is 24.3 Å². The van der Waals surface area contributed by atoms with Crippen molar-refractivity contribution in [2.45, 2.75) is 142 Å². The van der Waals surface area contributed by atoms with Gasteiger partial charge in [-0.05, 0) is 127 Å². The minimum Gasteiger partial charge on any atom is -0.508 e. The number of phenolic OH excluding ortho intramolecular Hbond substituents is 2. The zero-order valence-corrected chi connectivity index (χ0v) is 32.7. The van der Waals surface area contributed by atoms with Crippen molar-refractivity contribution < 1.29 is 34.8 Å². The van der Waals surface area contributed by atoms with Gasteiger partial charge in [-0.2, -0.15) is 0 Å². The fourth-order valence-corrected chi connectivity index (χ4v) is 14.3. The largest absolute Gasteiger partial charge is 0.508 e. The van der Waals surface area contributed by atoms with E-state index in [2.05, 4.69) is 40.7 Å². The number of hydrogen-bond acceptors (Lipinski definition) is 7. The van der Waals surface area contributed by atoms with Gasteiger partial charge in [0.25, 0.3) is 0 Å². The summed E-state index contributed by atoms with van der Waals surface area (Å²) in [5.41, 5.74) is 1.67. The highest BCUT2D eigenvalue weighted by atomic mass is 16.6. The third-order valence-corrected chi connectivity index (χ3v) is 16.6. The van der Waals surface area contributed by atoms with E-state index in [1.165, 1.54) is 5.57 Å². The van der Waals surface area contributed by atoms with Crippen molar-refractivity contribution in [3.8, 4) is 11.5 Å². The molecule has 7 heteroatoms. The van der Waals surface area contributed by atoms with Crippen LogP contribution < -0.4 is 0 Å². The molecular weight excluding hydrogens is 664 g/mol. The molecule has 6 aliphatic rings. The molecule has 1 saturated heterocycles. The standard InChI is InChI=1S/C46H60O7/c1-25(19-34(49)41-46(7,53-41)32-16-10-15-30(32)26-11-8-13-28(47)20-26)38-33-17-18-37-43(4)22-31(27-12-9-14-29(48)21-27)40(52)42(2,3)39(43)36(51)24-45(37,6)44(33,5)23-35(38)50/h8-9,11-14,20-21,25,30-32,34,36-37,39,41,47-49,51H,10,15-19,22-24H2,1-7H3/t25-,30+,31+,32-,34-,36+,37-,39+,41-,43+,44+,45+,46-/m1/s1. The number of ether oxygens (including phenoxy) is 1. The summed E-state index contributed by atoms with van der Waals surface area (Å²) in [5.74, 6) is 0.704. The van der Waals surface area contributed by atoms with Crippen LogP contribution >= 0.6 is 0 Å². The monoisotopic (exact) mass is 724 g/mol. The van der Waals surface area contributed by atoms with Crippen LogP contribution in [0.15, 0.2) is 59.7 Å². The van der Waals surface area contributed by atoms with E-state index in [4.69, 9.17) is 4.74 Å². The zero-order chi connectivity index (χ0) is 38.0. The van der Waals surface area contributed by atoms with E-state index in [-0.39, 0.29) is 75.5 Å². The number of carbonyl (C=O) groups excluding carboxylic acids is 2. The fourth-order valence-electron chi connectivity index (χ4n) is 14.3. The second kappa shape index (κ2) is 12.2. The first kappa shape index (κ1) is 36.9. The summed E-state index contributed by atoms with van der Waals surface area (Å²) in [5, 5.41) is 44.4. The molecule has 0 aromatic heterocycles. The Labute approximate surface area is 315 Å². The summed E-state index contributed by atoms with van der Waals surface area (Å²) in [6, 6.07) is 14.7. The highest BCUT2D eigenvalue weighted by molar-refractivity contribution is 6.00. The molecule has 0 spiro atoms. The molecule has 7 nitrogen and oxygen atoms in total. The Morgan fingerprint density at radius 3 is 2.23 bits per heavy atom. The minimum absolute atomic E-state index is 0.125. The molecule has 4 N–H and O–H groups in total. The summed E-state index contributed by atoms with van der Waals surface area (Å²) in [4.78, 5) is 28.5. The molecular formula is C46H60O7. The lowest BCUT2D eigenvalue weighted by molar-refractivity contribution is -0.219. The average Bonchev–Trinajstić information content (AvgIpc) is 3.39. The number of phenols is 2. The van der Waals surface area contributed by atoms with Crippen LogP contribution in [0.3, 0.4) is 0 Å². The van der Waals surface area contributed by atoms with Crippen LogP contribution in [0.1, 0.15) is 129 Å². The molecule has 1 aliphatic heterocycles. The maximum Gasteiger partial charge on any atom is 0.159 e. The lowest BCUT2D eigenvalue weighted by Crippen LogP contribution is -2.67. The van der Waals surface area contributed by atoms with Gasteiger partial charge in [0.2, 0.25) is 0 Å². The van der Waals surface area contributed by atoms with Gasteiger partial charge in [0.15, 0.2) is 5.78 Å². The van der Waals surface area contributed by atoms with Crippen molar-refractivity contribution in [1.82, 2.24) is 0 Å². The molecule has 0 bridgehead atoms.